The number of hydrogen-bond acceptors (Lipinski definition) is 3. The summed E-state index contributed by atoms with van der Waals surface area (Å²) in [6.45, 7) is 4.02. The van der Waals surface area contributed by atoms with Crippen LogP contribution in [0.2, 0.25) is 5.02 Å². The summed E-state index contributed by atoms with van der Waals surface area (Å²) in [6, 6.07) is 11.4. The Labute approximate surface area is 139 Å². The number of aryl methyl sites for hydroxylation is 1. The van der Waals surface area contributed by atoms with E-state index in [-0.39, 0.29) is 0 Å². The van der Waals surface area contributed by atoms with E-state index < -0.39 is 0 Å². The van der Waals surface area contributed by atoms with Gasteiger partial charge in [-0.25, -0.2) is 0 Å². The topological polar surface area (TPSA) is 35.2 Å². The second kappa shape index (κ2) is 7.16. The van der Waals surface area contributed by atoms with Crippen LogP contribution in [0.5, 0.6) is 11.5 Å². The second-order valence-corrected chi connectivity index (χ2v) is 6.59. The third-order valence-electron chi connectivity index (χ3n) is 2.89. The fourth-order valence-electron chi connectivity index (χ4n) is 1.92. The number of hydrogen-bond donors (Lipinski definition) is 1. The molecule has 0 bridgehead atoms. The Kier molecular flexibility index (Phi) is 5.51. The zero-order chi connectivity index (χ0) is 15.4. The molecule has 2 nitrogen and oxygen atoms in total. The lowest BCUT2D eigenvalue weighted by atomic mass is 10.2. The zero-order valence-electron chi connectivity index (χ0n) is 11.9. The van der Waals surface area contributed by atoms with E-state index in [1.54, 1.807) is 11.8 Å². The molecule has 0 radical (unpaired) electrons. The molecule has 0 aromatic heterocycles. The molecule has 0 amide bonds. The van der Waals surface area contributed by atoms with Gasteiger partial charge in [0.25, 0.3) is 0 Å². The van der Waals surface area contributed by atoms with Crippen LogP contribution in [0.15, 0.2) is 41.3 Å². The highest BCUT2D eigenvalue weighted by Crippen LogP contribution is 2.33. The first-order valence-electron chi connectivity index (χ1n) is 6.52. The van der Waals surface area contributed by atoms with E-state index in [2.05, 4.69) is 6.92 Å². The van der Waals surface area contributed by atoms with Crippen LogP contribution in [0.25, 0.3) is 0 Å². The lowest BCUT2D eigenvalue weighted by molar-refractivity contribution is 0.480. The minimum absolute atomic E-state index is 0.340. The van der Waals surface area contributed by atoms with Crippen molar-refractivity contribution in [2.24, 2.45) is 5.73 Å². The predicted molar refractivity (Wildman–Crippen MR) is 95.0 cm³/mol. The molecular weight excluding hydrogens is 322 g/mol. The van der Waals surface area contributed by atoms with Crippen molar-refractivity contribution < 1.29 is 4.74 Å². The molecule has 0 saturated heterocycles. The third-order valence-corrected chi connectivity index (χ3v) is 4.46. The maximum Gasteiger partial charge on any atom is 0.138 e. The summed E-state index contributed by atoms with van der Waals surface area (Å²) in [5.41, 5.74) is 7.62. The first kappa shape index (κ1) is 16.1. The minimum Gasteiger partial charge on any atom is -0.457 e. The monoisotopic (exact) mass is 337 g/mol. The number of halogens is 1. The normalized spacial score (nSPS) is 10.4. The van der Waals surface area contributed by atoms with Crippen LogP contribution in [-0.4, -0.2) is 10.7 Å². The van der Waals surface area contributed by atoms with Gasteiger partial charge in [-0.1, -0.05) is 36.8 Å². The Morgan fingerprint density at radius 3 is 2.71 bits per heavy atom. The van der Waals surface area contributed by atoms with Gasteiger partial charge in [0.05, 0.1) is 5.56 Å². The number of benzene rings is 2. The van der Waals surface area contributed by atoms with E-state index in [4.69, 9.17) is 34.3 Å². The van der Waals surface area contributed by atoms with E-state index in [0.717, 1.165) is 21.8 Å². The standard InChI is InChI=1S/C16H16ClNOS2/c1-3-21-14-6-4-5-13(15(14)16(18)20)19-11-7-8-12(17)10(2)9-11/h4-9H,3H2,1-2H3,(H2,18,20). The predicted octanol–water partition coefficient (Wildman–Crippen LogP) is 5.19. The van der Waals surface area contributed by atoms with Crippen molar-refractivity contribution >= 4 is 40.6 Å². The fourth-order valence-corrected chi connectivity index (χ4v) is 3.16. The number of rotatable bonds is 5. The van der Waals surface area contributed by atoms with Gasteiger partial charge < -0.3 is 10.5 Å². The van der Waals surface area contributed by atoms with Gasteiger partial charge in [0.1, 0.15) is 16.5 Å². The van der Waals surface area contributed by atoms with Crippen molar-refractivity contribution in [3.8, 4) is 11.5 Å². The number of ether oxygens (including phenoxy) is 1. The SMILES string of the molecule is CCSc1cccc(Oc2ccc(Cl)c(C)c2)c1C(N)=S. The lowest BCUT2D eigenvalue weighted by Gasteiger charge is -2.14. The smallest absolute Gasteiger partial charge is 0.138 e. The van der Waals surface area contributed by atoms with Gasteiger partial charge in [0, 0.05) is 9.92 Å². The van der Waals surface area contributed by atoms with Gasteiger partial charge in [-0.2, -0.15) is 0 Å². The van der Waals surface area contributed by atoms with Crippen molar-refractivity contribution in [1.29, 1.82) is 0 Å². The summed E-state index contributed by atoms with van der Waals surface area (Å²) in [5, 5.41) is 0.715. The Morgan fingerprint density at radius 2 is 2.10 bits per heavy atom. The summed E-state index contributed by atoms with van der Waals surface area (Å²) in [6.07, 6.45) is 0. The average molecular weight is 338 g/mol. The molecule has 110 valence electrons. The summed E-state index contributed by atoms with van der Waals surface area (Å²) in [7, 11) is 0. The van der Waals surface area contributed by atoms with Crippen LogP contribution in [0.1, 0.15) is 18.1 Å². The van der Waals surface area contributed by atoms with Crippen molar-refractivity contribution in [2.75, 3.05) is 5.75 Å². The first-order chi connectivity index (χ1) is 10.0. The van der Waals surface area contributed by atoms with E-state index in [0.29, 0.717) is 21.5 Å². The molecule has 2 aromatic carbocycles. The summed E-state index contributed by atoms with van der Waals surface area (Å²) in [5.74, 6) is 2.33. The van der Waals surface area contributed by atoms with Crippen LogP contribution in [0.4, 0.5) is 0 Å². The molecule has 0 aliphatic rings. The van der Waals surface area contributed by atoms with E-state index in [1.807, 2.05) is 43.3 Å². The van der Waals surface area contributed by atoms with Gasteiger partial charge in [-0.15, -0.1) is 11.8 Å². The first-order valence-corrected chi connectivity index (χ1v) is 8.29. The van der Waals surface area contributed by atoms with E-state index in [1.165, 1.54) is 0 Å². The minimum atomic E-state index is 0.340. The lowest BCUT2D eigenvalue weighted by Crippen LogP contribution is -2.12. The van der Waals surface area contributed by atoms with E-state index >= 15 is 0 Å². The molecule has 0 spiro atoms. The number of nitrogens with two attached hydrogens (primary N) is 1. The Hall–Kier alpha value is -1.23. The average Bonchev–Trinajstić information content (AvgIpc) is 2.43. The molecular formula is C16H16ClNOS2. The van der Waals surface area contributed by atoms with Gasteiger partial charge in [-0.05, 0) is 48.6 Å². The molecule has 0 aliphatic carbocycles. The maximum atomic E-state index is 6.03. The molecule has 5 heteroatoms. The largest absolute Gasteiger partial charge is 0.457 e. The molecule has 0 saturated carbocycles. The second-order valence-electron chi connectivity index (χ2n) is 4.44. The molecule has 2 rings (SSSR count). The van der Waals surface area contributed by atoms with Gasteiger partial charge in [0.2, 0.25) is 0 Å². The molecule has 0 aliphatic heterocycles. The molecule has 0 heterocycles. The summed E-state index contributed by atoms with van der Waals surface area (Å²) in [4.78, 5) is 1.38. The van der Waals surface area contributed by atoms with Crippen LogP contribution in [0, 0.1) is 6.92 Å². The highest BCUT2D eigenvalue weighted by atomic mass is 35.5. The third kappa shape index (κ3) is 3.90. The molecule has 2 aromatic rings. The number of thiocarbonyl (C=S) groups is 1. The Balaban J connectivity index is 2.41. The molecule has 21 heavy (non-hydrogen) atoms. The van der Waals surface area contributed by atoms with Crippen molar-refractivity contribution in [1.82, 2.24) is 0 Å². The van der Waals surface area contributed by atoms with Crippen LogP contribution >= 0.6 is 35.6 Å². The molecule has 0 atom stereocenters. The van der Waals surface area contributed by atoms with Gasteiger partial charge in [-0.3, -0.25) is 0 Å². The highest BCUT2D eigenvalue weighted by Gasteiger charge is 2.13. The fraction of sp³-hybridized carbons (Fsp3) is 0.188. The maximum absolute atomic E-state index is 6.03. The zero-order valence-corrected chi connectivity index (χ0v) is 14.2. The molecule has 0 fully saturated rings. The van der Waals surface area contributed by atoms with Crippen molar-refractivity contribution in [2.45, 2.75) is 18.7 Å². The van der Waals surface area contributed by atoms with Gasteiger partial charge in [0.15, 0.2) is 0 Å². The number of thioether (sulfide) groups is 1. The van der Waals surface area contributed by atoms with Crippen LogP contribution < -0.4 is 10.5 Å². The van der Waals surface area contributed by atoms with E-state index in [9.17, 15) is 0 Å². The Morgan fingerprint density at radius 1 is 1.33 bits per heavy atom. The Bertz CT molecular complexity index is 673. The molecule has 0 unspecified atom stereocenters. The highest BCUT2D eigenvalue weighted by molar-refractivity contribution is 7.99. The molecule has 2 N–H and O–H groups in total. The van der Waals surface area contributed by atoms with Gasteiger partial charge >= 0.3 is 0 Å². The quantitative estimate of drug-likeness (QED) is 0.601. The van der Waals surface area contributed by atoms with Crippen molar-refractivity contribution in [3.05, 3.63) is 52.5 Å². The van der Waals surface area contributed by atoms with Crippen LogP contribution in [-0.2, 0) is 0 Å². The summed E-state index contributed by atoms with van der Waals surface area (Å²) < 4.78 is 5.95. The summed E-state index contributed by atoms with van der Waals surface area (Å²) >= 11 is 12.9. The van der Waals surface area contributed by atoms with Crippen LogP contribution in [0.3, 0.4) is 0 Å². The van der Waals surface area contributed by atoms with Crippen molar-refractivity contribution in [3.63, 3.8) is 0 Å².